The van der Waals surface area contributed by atoms with Crippen LogP contribution in [0.3, 0.4) is 0 Å². The lowest BCUT2D eigenvalue weighted by Crippen LogP contribution is -2.36. The van der Waals surface area contributed by atoms with Crippen molar-refractivity contribution in [3.05, 3.63) is 58.3 Å². The topological polar surface area (TPSA) is 70.2 Å². The molecule has 0 saturated carbocycles. The molecule has 2 aromatic carbocycles. The van der Waals surface area contributed by atoms with Crippen molar-refractivity contribution < 1.29 is 14.0 Å². The lowest BCUT2D eigenvalue weighted by molar-refractivity contribution is -0.122. The molecule has 0 radical (unpaired) electrons. The molecule has 0 aliphatic carbocycles. The van der Waals surface area contributed by atoms with E-state index >= 15 is 0 Å². The summed E-state index contributed by atoms with van der Waals surface area (Å²) in [5, 5.41) is 8.02. The average molecular weight is 394 g/mol. The summed E-state index contributed by atoms with van der Waals surface area (Å²) in [7, 11) is 0. The Morgan fingerprint density at radius 3 is 2.58 bits per heavy atom. The predicted molar refractivity (Wildman–Crippen MR) is 95.4 cm³/mol. The van der Waals surface area contributed by atoms with E-state index < -0.39 is 0 Å². The number of hydrogen-bond donors (Lipinski definition) is 3. The predicted octanol–water partition coefficient (Wildman–Crippen LogP) is 3.06. The van der Waals surface area contributed by atoms with Gasteiger partial charge in [0.1, 0.15) is 5.82 Å². The molecular formula is C17H17BrFN3O2. The first-order valence-corrected chi connectivity index (χ1v) is 8.05. The number of halogens is 2. The Hall–Kier alpha value is -2.41. The van der Waals surface area contributed by atoms with Crippen LogP contribution in [0.25, 0.3) is 0 Å². The zero-order valence-electron chi connectivity index (χ0n) is 13.0. The Morgan fingerprint density at radius 1 is 1.08 bits per heavy atom. The maximum Gasteiger partial charge on any atom is 0.243 e. The van der Waals surface area contributed by atoms with E-state index in [1.54, 1.807) is 18.2 Å². The van der Waals surface area contributed by atoms with E-state index in [0.29, 0.717) is 11.4 Å². The third-order valence-electron chi connectivity index (χ3n) is 3.19. The van der Waals surface area contributed by atoms with Crippen molar-refractivity contribution in [1.29, 1.82) is 0 Å². The molecule has 2 aromatic rings. The van der Waals surface area contributed by atoms with Crippen molar-refractivity contribution in [2.75, 3.05) is 23.7 Å². The number of carbonyl (C=O) groups is 2. The second-order valence-electron chi connectivity index (χ2n) is 5.15. The molecule has 0 fully saturated rings. The lowest BCUT2D eigenvalue weighted by Gasteiger charge is -2.10. The normalized spacial score (nSPS) is 10.1. The number of rotatable bonds is 6. The maximum atomic E-state index is 13.0. The van der Waals surface area contributed by atoms with Crippen molar-refractivity contribution >= 4 is 39.1 Å². The second-order valence-corrected chi connectivity index (χ2v) is 6.06. The van der Waals surface area contributed by atoms with Crippen LogP contribution in [0.1, 0.15) is 5.56 Å². The van der Waals surface area contributed by atoms with Crippen LogP contribution in [-0.4, -0.2) is 24.9 Å². The molecule has 3 N–H and O–H groups in total. The molecule has 7 heteroatoms. The van der Waals surface area contributed by atoms with Crippen LogP contribution in [0, 0.1) is 12.7 Å². The molecule has 2 rings (SSSR count). The average Bonchev–Trinajstić information content (AvgIpc) is 2.54. The molecule has 5 nitrogen and oxygen atoms in total. The molecule has 2 amide bonds. The zero-order chi connectivity index (χ0) is 17.5. The summed E-state index contributed by atoms with van der Waals surface area (Å²) in [6, 6.07) is 11.3. The first kappa shape index (κ1) is 17.9. The third kappa shape index (κ3) is 5.66. The van der Waals surface area contributed by atoms with E-state index in [4.69, 9.17) is 0 Å². The monoisotopic (exact) mass is 393 g/mol. The standard InChI is InChI=1S/C17H17BrFN3O2/c1-11-7-12(18)5-6-15(11)22-17(24)10-21-16(23)9-20-14-4-2-3-13(19)8-14/h2-8,20H,9-10H2,1H3,(H,21,23)(H,22,24). The highest BCUT2D eigenvalue weighted by Gasteiger charge is 2.08. The van der Waals surface area contributed by atoms with Gasteiger partial charge in [0, 0.05) is 15.8 Å². The van der Waals surface area contributed by atoms with E-state index in [1.165, 1.54) is 12.1 Å². The highest BCUT2D eigenvalue weighted by molar-refractivity contribution is 9.10. The summed E-state index contributed by atoms with van der Waals surface area (Å²) in [5.74, 6) is -1.06. The quantitative estimate of drug-likeness (QED) is 0.706. The van der Waals surface area contributed by atoms with Gasteiger partial charge in [-0.1, -0.05) is 22.0 Å². The van der Waals surface area contributed by atoms with E-state index in [1.807, 2.05) is 19.1 Å². The van der Waals surface area contributed by atoms with Crippen molar-refractivity contribution in [3.8, 4) is 0 Å². The fraction of sp³-hybridized carbons (Fsp3) is 0.176. The molecule has 0 atom stereocenters. The fourth-order valence-electron chi connectivity index (χ4n) is 1.98. The molecule has 24 heavy (non-hydrogen) atoms. The van der Waals surface area contributed by atoms with Crippen LogP contribution in [0.2, 0.25) is 0 Å². The van der Waals surface area contributed by atoms with Gasteiger partial charge in [0.15, 0.2) is 0 Å². The minimum Gasteiger partial charge on any atom is -0.376 e. The van der Waals surface area contributed by atoms with Gasteiger partial charge in [-0.05, 0) is 48.9 Å². The molecule has 0 saturated heterocycles. The van der Waals surface area contributed by atoms with Crippen molar-refractivity contribution in [3.63, 3.8) is 0 Å². The molecular weight excluding hydrogens is 377 g/mol. The molecule has 0 aliphatic rings. The van der Waals surface area contributed by atoms with Crippen LogP contribution in [0.5, 0.6) is 0 Å². The summed E-state index contributed by atoms with van der Waals surface area (Å²) in [6.07, 6.45) is 0. The molecule has 0 spiro atoms. The second kappa shape index (κ2) is 8.44. The van der Waals surface area contributed by atoms with Crippen molar-refractivity contribution in [2.24, 2.45) is 0 Å². The van der Waals surface area contributed by atoms with Gasteiger partial charge < -0.3 is 16.0 Å². The number of benzene rings is 2. The Balaban J connectivity index is 1.75. The van der Waals surface area contributed by atoms with Gasteiger partial charge in [0.05, 0.1) is 13.1 Å². The van der Waals surface area contributed by atoms with Gasteiger partial charge in [-0.25, -0.2) is 4.39 Å². The summed E-state index contributed by atoms with van der Waals surface area (Å²) < 4.78 is 13.9. The zero-order valence-corrected chi connectivity index (χ0v) is 14.6. The molecule has 0 bridgehead atoms. The lowest BCUT2D eigenvalue weighted by atomic mass is 10.2. The molecule has 126 valence electrons. The summed E-state index contributed by atoms with van der Waals surface area (Å²) in [6.45, 7) is 1.69. The maximum absolute atomic E-state index is 13.0. The van der Waals surface area contributed by atoms with E-state index in [2.05, 4.69) is 31.9 Å². The SMILES string of the molecule is Cc1cc(Br)ccc1NC(=O)CNC(=O)CNc1cccc(F)c1. The van der Waals surface area contributed by atoms with Crippen LogP contribution in [0.4, 0.5) is 15.8 Å². The van der Waals surface area contributed by atoms with Crippen LogP contribution >= 0.6 is 15.9 Å². The number of amides is 2. The highest BCUT2D eigenvalue weighted by Crippen LogP contribution is 2.19. The minimum absolute atomic E-state index is 0.0476. The van der Waals surface area contributed by atoms with E-state index in [0.717, 1.165) is 10.0 Å². The Kier molecular flexibility index (Phi) is 6.31. The first-order chi connectivity index (χ1) is 11.4. The molecule has 0 aromatic heterocycles. The van der Waals surface area contributed by atoms with E-state index in [-0.39, 0.29) is 30.7 Å². The van der Waals surface area contributed by atoms with Gasteiger partial charge in [0.25, 0.3) is 0 Å². The highest BCUT2D eigenvalue weighted by atomic mass is 79.9. The number of anilines is 2. The third-order valence-corrected chi connectivity index (χ3v) is 3.68. The Bertz CT molecular complexity index is 752. The number of aryl methyl sites for hydroxylation is 1. The van der Waals surface area contributed by atoms with Crippen molar-refractivity contribution in [1.82, 2.24) is 5.32 Å². The Labute approximate surface area is 147 Å². The van der Waals surface area contributed by atoms with Gasteiger partial charge in [-0.15, -0.1) is 0 Å². The first-order valence-electron chi connectivity index (χ1n) is 7.26. The van der Waals surface area contributed by atoms with Gasteiger partial charge in [-0.2, -0.15) is 0 Å². The Morgan fingerprint density at radius 2 is 1.88 bits per heavy atom. The summed E-state index contributed by atoms with van der Waals surface area (Å²) in [5.41, 5.74) is 2.10. The number of hydrogen-bond acceptors (Lipinski definition) is 3. The molecule has 0 aliphatic heterocycles. The van der Waals surface area contributed by atoms with Crippen molar-refractivity contribution in [2.45, 2.75) is 6.92 Å². The van der Waals surface area contributed by atoms with Gasteiger partial charge >= 0.3 is 0 Å². The number of nitrogens with one attached hydrogen (secondary N) is 3. The van der Waals surface area contributed by atoms with E-state index in [9.17, 15) is 14.0 Å². The van der Waals surface area contributed by atoms with Crippen LogP contribution in [0.15, 0.2) is 46.9 Å². The largest absolute Gasteiger partial charge is 0.376 e. The summed E-state index contributed by atoms with van der Waals surface area (Å²) >= 11 is 3.35. The fourth-order valence-corrected chi connectivity index (χ4v) is 2.46. The van der Waals surface area contributed by atoms with Gasteiger partial charge in [-0.3, -0.25) is 9.59 Å². The van der Waals surface area contributed by atoms with Crippen LogP contribution < -0.4 is 16.0 Å². The minimum atomic E-state index is -0.385. The molecule has 0 heterocycles. The van der Waals surface area contributed by atoms with Crippen LogP contribution in [-0.2, 0) is 9.59 Å². The summed E-state index contributed by atoms with van der Waals surface area (Å²) in [4.78, 5) is 23.6. The number of carbonyl (C=O) groups excluding carboxylic acids is 2. The molecule has 0 unspecified atom stereocenters. The van der Waals surface area contributed by atoms with Gasteiger partial charge in [0.2, 0.25) is 11.8 Å². The smallest absolute Gasteiger partial charge is 0.243 e.